The molecule has 0 atom stereocenters. The van der Waals surface area contributed by atoms with Crippen LogP contribution in [0.2, 0.25) is 0 Å². The van der Waals surface area contributed by atoms with Crippen molar-refractivity contribution in [1.82, 2.24) is 4.90 Å². The molecular formula is C8H12N2O3. The molecule has 1 N–H and O–H groups in total. The van der Waals surface area contributed by atoms with E-state index in [4.69, 9.17) is 10.4 Å². The van der Waals surface area contributed by atoms with Crippen LogP contribution in [0.25, 0.3) is 0 Å². The van der Waals surface area contributed by atoms with Gasteiger partial charge >= 0.3 is 6.09 Å². The van der Waals surface area contributed by atoms with Crippen molar-refractivity contribution in [2.24, 2.45) is 5.92 Å². The van der Waals surface area contributed by atoms with Gasteiger partial charge in [0.05, 0.1) is 12.0 Å². The molecule has 0 aromatic heterocycles. The van der Waals surface area contributed by atoms with Crippen LogP contribution in [0.1, 0.15) is 13.8 Å². The number of nitrogens with zero attached hydrogens (tertiary/aromatic N) is 2. The zero-order valence-electron chi connectivity index (χ0n) is 7.65. The summed E-state index contributed by atoms with van der Waals surface area (Å²) in [5, 5.41) is 17.6. The summed E-state index contributed by atoms with van der Waals surface area (Å²) < 4.78 is 4.67. The molecule has 0 bridgehead atoms. The van der Waals surface area contributed by atoms with Gasteiger partial charge < -0.3 is 14.7 Å². The minimum Gasteiger partial charge on any atom is -0.418 e. The molecule has 0 aromatic carbocycles. The average Bonchev–Trinajstić information content (AvgIpc) is 1.79. The van der Waals surface area contributed by atoms with Crippen LogP contribution in [0.4, 0.5) is 4.79 Å². The normalized spacial score (nSPS) is 17.5. The SMILES string of the molecule is CC(C)(O)OC(=O)N1CC(C#N)C1. The molecular weight excluding hydrogens is 172 g/mol. The molecule has 1 amide bonds. The van der Waals surface area contributed by atoms with Crippen molar-refractivity contribution < 1.29 is 14.6 Å². The second kappa shape index (κ2) is 3.23. The van der Waals surface area contributed by atoms with E-state index >= 15 is 0 Å². The van der Waals surface area contributed by atoms with Gasteiger partial charge in [-0.2, -0.15) is 5.26 Å². The molecule has 5 heteroatoms. The number of hydrogen-bond acceptors (Lipinski definition) is 4. The maximum Gasteiger partial charge on any atom is 0.412 e. The van der Waals surface area contributed by atoms with Crippen molar-refractivity contribution in [3.05, 3.63) is 0 Å². The third-order valence-electron chi connectivity index (χ3n) is 1.66. The quantitative estimate of drug-likeness (QED) is 0.595. The number of amides is 1. The molecule has 0 aliphatic carbocycles. The first kappa shape index (κ1) is 9.81. The second-order valence-electron chi connectivity index (χ2n) is 3.55. The second-order valence-corrected chi connectivity index (χ2v) is 3.55. The van der Waals surface area contributed by atoms with E-state index in [-0.39, 0.29) is 5.92 Å². The average molecular weight is 184 g/mol. The Morgan fingerprint density at radius 3 is 2.62 bits per heavy atom. The molecule has 1 aliphatic rings. The topological polar surface area (TPSA) is 73.6 Å². The van der Waals surface area contributed by atoms with E-state index in [9.17, 15) is 4.79 Å². The first-order chi connectivity index (χ1) is 5.92. The molecule has 13 heavy (non-hydrogen) atoms. The standard InChI is InChI=1S/C8H12N2O3/c1-8(2,12)13-7(11)10-4-6(3-9)5-10/h6,12H,4-5H2,1-2H3. The first-order valence-electron chi connectivity index (χ1n) is 4.02. The molecule has 1 rings (SSSR count). The lowest BCUT2D eigenvalue weighted by atomic mass is 10.0. The van der Waals surface area contributed by atoms with Gasteiger partial charge in [0.2, 0.25) is 5.79 Å². The molecule has 1 fully saturated rings. The van der Waals surface area contributed by atoms with Crippen LogP contribution < -0.4 is 0 Å². The van der Waals surface area contributed by atoms with E-state index in [0.717, 1.165) is 0 Å². The zero-order valence-corrected chi connectivity index (χ0v) is 7.65. The molecule has 0 saturated carbocycles. The van der Waals surface area contributed by atoms with E-state index in [1.807, 2.05) is 6.07 Å². The number of carbonyl (C=O) groups excluding carboxylic acids is 1. The smallest absolute Gasteiger partial charge is 0.412 e. The fourth-order valence-corrected chi connectivity index (χ4v) is 0.988. The summed E-state index contributed by atoms with van der Waals surface area (Å²) >= 11 is 0. The van der Waals surface area contributed by atoms with Crippen LogP contribution in [0.5, 0.6) is 0 Å². The Kier molecular flexibility index (Phi) is 2.43. The minimum atomic E-state index is -1.45. The Balaban J connectivity index is 2.33. The Morgan fingerprint density at radius 1 is 1.69 bits per heavy atom. The predicted molar refractivity (Wildman–Crippen MR) is 43.5 cm³/mol. The highest BCUT2D eigenvalue weighted by atomic mass is 16.7. The van der Waals surface area contributed by atoms with Crippen LogP contribution in [-0.4, -0.2) is 35.0 Å². The summed E-state index contributed by atoms with van der Waals surface area (Å²) in [5.41, 5.74) is 0. The van der Waals surface area contributed by atoms with Crippen molar-refractivity contribution >= 4 is 6.09 Å². The van der Waals surface area contributed by atoms with Crippen LogP contribution in [0, 0.1) is 17.2 Å². The molecule has 72 valence electrons. The van der Waals surface area contributed by atoms with Gasteiger partial charge in [0, 0.05) is 26.9 Å². The maximum atomic E-state index is 11.1. The first-order valence-corrected chi connectivity index (χ1v) is 4.02. The van der Waals surface area contributed by atoms with Crippen molar-refractivity contribution in [2.75, 3.05) is 13.1 Å². The number of rotatable bonds is 1. The highest BCUT2D eigenvalue weighted by molar-refractivity contribution is 5.69. The van der Waals surface area contributed by atoms with E-state index in [1.165, 1.54) is 18.7 Å². The molecule has 5 nitrogen and oxygen atoms in total. The van der Waals surface area contributed by atoms with Crippen molar-refractivity contribution in [3.8, 4) is 6.07 Å². The van der Waals surface area contributed by atoms with Gasteiger partial charge in [0.25, 0.3) is 0 Å². The van der Waals surface area contributed by atoms with Crippen LogP contribution >= 0.6 is 0 Å². The summed E-state index contributed by atoms with van der Waals surface area (Å²) in [6, 6.07) is 2.04. The van der Waals surface area contributed by atoms with Crippen molar-refractivity contribution in [3.63, 3.8) is 0 Å². The molecule has 1 saturated heterocycles. The zero-order chi connectivity index (χ0) is 10.1. The number of likely N-dealkylation sites (tertiary alicyclic amines) is 1. The molecule has 0 radical (unpaired) electrons. The highest BCUT2D eigenvalue weighted by Crippen LogP contribution is 2.17. The van der Waals surface area contributed by atoms with Gasteiger partial charge in [-0.3, -0.25) is 0 Å². The molecule has 0 spiro atoms. The number of hydrogen-bond donors (Lipinski definition) is 1. The summed E-state index contributed by atoms with van der Waals surface area (Å²) in [7, 11) is 0. The largest absolute Gasteiger partial charge is 0.418 e. The Hall–Kier alpha value is -1.28. The summed E-state index contributed by atoms with van der Waals surface area (Å²) in [5.74, 6) is -1.54. The lowest BCUT2D eigenvalue weighted by Gasteiger charge is -2.35. The van der Waals surface area contributed by atoms with E-state index < -0.39 is 11.9 Å². The van der Waals surface area contributed by atoms with Gasteiger partial charge in [0.15, 0.2) is 0 Å². The fourth-order valence-electron chi connectivity index (χ4n) is 0.988. The van der Waals surface area contributed by atoms with Gasteiger partial charge in [0.1, 0.15) is 0 Å². The highest BCUT2D eigenvalue weighted by Gasteiger charge is 2.33. The minimum absolute atomic E-state index is 0.0886. The number of ether oxygens (including phenoxy) is 1. The summed E-state index contributed by atoms with van der Waals surface area (Å²) in [4.78, 5) is 12.5. The number of nitriles is 1. The van der Waals surface area contributed by atoms with Crippen molar-refractivity contribution in [2.45, 2.75) is 19.6 Å². The number of carbonyl (C=O) groups is 1. The van der Waals surface area contributed by atoms with Crippen molar-refractivity contribution in [1.29, 1.82) is 5.26 Å². The van der Waals surface area contributed by atoms with E-state index in [1.54, 1.807) is 0 Å². The van der Waals surface area contributed by atoms with E-state index in [0.29, 0.717) is 13.1 Å². The molecule has 1 heterocycles. The van der Waals surface area contributed by atoms with Gasteiger partial charge in [-0.1, -0.05) is 0 Å². The Morgan fingerprint density at radius 2 is 2.23 bits per heavy atom. The van der Waals surface area contributed by atoms with Gasteiger partial charge in [-0.15, -0.1) is 0 Å². The fraction of sp³-hybridized carbons (Fsp3) is 0.750. The van der Waals surface area contributed by atoms with Gasteiger partial charge in [-0.25, -0.2) is 4.79 Å². The van der Waals surface area contributed by atoms with Crippen LogP contribution in [0.15, 0.2) is 0 Å². The predicted octanol–water partition coefficient (Wildman–Crippen LogP) is 0.307. The number of aliphatic hydroxyl groups is 1. The van der Waals surface area contributed by atoms with Crippen LogP contribution in [-0.2, 0) is 4.74 Å². The lowest BCUT2D eigenvalue weighted by molar-refractivity contribution is -0.143. The summed E-state index contributed by atoms with van der Waals surface area (Å²) in [6.45, 7) is 3.55. The third kappa shape index (κ3) is 2.60. The Labute approximate surface area is 76.5 Å². The van der Waals surface area contributed by atoms with Gasteiger partial charge in [-0.05, 0) is 0 Å². The van der Waals surface area contributed by atoms with E-state index in [2.05, 4.69) is 4.74 Å². The maximum absolute atomic E-state index is 11.1. The molecule has 0 unspecified atom stereocenters. The molecule has 1 aliphatic heterocycles. The summed E-state index contributed by atoms with van der Waals surface area (Å²) in [6.07, 6.45) is -0.570. The monoisotopic (exact) mass is 184 g/mol. The lowest BCUT2D eigenvalue weighted by Crippen LogP contribution is -2.51. The third-order valence-corrected chi connectivity index (χ3v) is 1.66. The Bertz CT molecular complexity index is 245. The molecule has 0 aromatic rings. The van der Waals surface area contributed by atoms with Crippen LogP contribution in [0.3, 0.4) is 0 Å².